The number of hydrogen-bond acceptors (Lipinski definition) is 5. The fourth-order valence-electron chi connectivity index (χ4n) is 9.87. The first-order valence-corrected chi connectivity index (χ1v) is 31.6. The highest BCUT2D eigenvalue weighted by molar-refractivity contribution is 5.76. The lowest BCUT2D eigenvalue weighted by Crippen LogP contribution is -2.45. The average molecular weight is 987 g/mol. The maximum Gasteiger partial charge on any atom is 0.305 e. The molecule has 1 amide bonds. The third-order valence-corrected chi connectivity index (χ3v) is 14.7. The first-order valence-electron chi connectivity index (χ1n) is 31.6. The molecule has 0 bridgehead atoms. The van der Waals surface area contributed by atoms with E-state index < -0.39 is 12.1 Å². The molecular formula is C64H123NO5. The van der Waals surface area contributed by atoms with Crippen molar-refractivity contribution >= 4 is 11.9 Å². The standard InChI is InChI=1S/C64H123NO5/c1-3-5-7-9-11-13-15-17-19-30-34-38-42-46-50-54-58-64(69)70-59-55-51-47-43-39-35-31-27-25-23-21-20-22-24-26-29-33-37-41-45-49-53-57-63(68)65-61(60-66)62(67)56-52-48-44-40-36-32-28-18-16-14-12-10-8-6-4-2/h19,30,52,56,61-62,66-67H,3-18,20-29,31-51,53-55,57-60H2,1-2H3,(H,65,68)/b30-19-,56-52+. The van der Waals surface area contributed by atoms with Crippen LogP contribution in [0.3, 0.4) is 0 Å². The van der Waals surface area contributed by atoms with Gasteiger partial charge in [-0.1, -0.05) is 301 Å². The van der Waals surface area contributed by atoms with Crippen molar-refractivity contribution in [2.45, 2.75) is 360 Å². The summed E-state index contributed by atoms with van der Waals surface area (Å²) in [4.78, 5) is 24.5. The highest BCUT2D eigenvalue weighted by atomic mass is 16.5. The van der Waals surface area contributed by atoms with E-state index in [0.717, 1.165) is 44.9 Å². The normalized spacial score (nSPS) is 12.7. The van der Waals surface area contributed by atoms with E-state index in [9.17, 15) is 19.8 Å². The summed E-state index contributed by atoms with van der Waals surface area (Å²) in [5.41, 5.74) is 0. The summed E-state index contributed by atoms with van der Waals surface area (Å²) in [7, 11) is 0. The molecule has 0 aromatic heterocycles. The van der Waals surface area contributed by atoms with Crippen molar-refractivity contribution in [2.24, 2.45) is 0 Å². The second kappa shape index (κ2) is 59.9. The molecule has 0 aromatic carbocycles. The molecule has 70 heavy (non-hydrogen) atoms. The molecule has 6 heteroatoms. The number of unbranched alkanes of at least 4 members (excludes halogenated alkanes) is 46. The number of amides is 1. The number of aliphatic hydroxyl groups is 2. The van der Waals surface area contributed by atoms with Gasteiger partial charge in [-0.25, -0.2) is 0 Å². The lowest BCUT2D eigenvalue weighted by molar-refractivity contribution is -0.143. The number of aliphatic hydroxyl groups excluding tert-OH is 2. The minimum absolute atomic E-state index is 0.00571. The number of allylic oxidation sites excluding steroid dienone is 3. The van der Waals surface area contributed by atoms with Crippen molar-refractivity contribution < 1.29 is 24.5 Å². The van der Waals surface area contributed by atoms with E-state index >= 15 is 0 Å². The van der Waals surface area contributed by atoms with E-state index in [0.29, 0.717) is 19.4 Å². The first kappa shape index (κ1) is 68.3. The Kier molecular flexibility index (Phi) is 58.5. The second-order valence-corrected chi connectivity index (χ2v) is 21.7. The molecule has 414 valence electrons. The van der Waals surface area contributed by atoms with Gasteiger partial charge in [-0.2, -0.15) is 0 Å². The van der Waals surface area contributed by atoms with E-state index in [4.69, 9.17) is 4.74 Å². The average Bonchev–Trinajstić information content (AvgIpc) is 3.36. The maximum atomic E-state index is 12.5. The Labute approximate surface area is 437 Å². The van der Waals surface area contributed by atoms with Gasteiger partial charge in [0.25, 0.3) is 0 Å². The smallest absolute Gasteiger partial charge is 0.305 e. The molecule has 0 aliphatic carbocycles. The molecule has 0 aliphatic rings. The van der Waals surface area contributed by atoms with Crippen molar-refractivity contribution in [3.8, 4) is 0 Å². The van der Waals surface area contributed by atoms with Crippen LogP contribution in [0.1, 0.15) is 348 Å². The highest BCUT2D eigenvalue weighted by Gasteiger charge is 2.18. The fraction of sp³-hybridized carbons (Fsp3) is 0.906. The van der Waals surface area contributed by atoms with Crippen molar-refractivity contribution in [3.63, 3.8) is 0 Å². The molecule has 2 atom stereocenters. The van der Waals surface area contributed by atoms with E-state index in [1.807, 2.05) is 6.08 Å². The Morgan fingerprint density at radius 2 is 0.671 bits per heavy atom. The van der Waals surface area contributed by atoms with Gasteiger partial charge in [0, 0.05) is 12.8 Å². The number of nitrogens with one attached hydrogen (secondary N) is 1. The lowest BCUT2D eigenvalue weighted by atomic mass is 10.0. The third-order valence-electron chi connectivity index (χ3n) is 14.7. The van der Waals surface area contributed by atoms with Crippen LogP contribution in [-0.4, -0.2) is 47.4 Å². The fourth-order valence-corrected chi connectivity index (χ4v) is 9.87. The van der Waals surface area contributed by atoms with Gasteiger partial charge in [-0.3, -0.25) is 9.59 Å². The number of hydrogen-bond donors (Lipinski definition) is 3. The van der Waals surface area contributed by atoms with Crippen LogP contribution in [0, 0.1) is 0 Å². The molecule has 0 saturated carbocycles. The second-order valence-electron chi connectivity index (χ2n) is 21.7. The molecule has 3 N–H and O–H groups in total. The summed E-state index contributed by atoms with van der Waals surface area (Å²) < 4.78 is 5.49. The van der Waals surface area contributed by atoms with Crippen LogP contribution < -0.4 is 5.32 Å². The van der Waals surface area contributed by atoms with Gasteiger partial charge in [0.15, 0.2) is 0 Å². The SMILES string of the molecule is CCCCCCCCC/C=C\CCCCCCCC(=O)OCCCCCCCCCCCCCCCCCCCCCCCCC(=O)NC(CO)C(O)/C=C/CCCCCCCCCCCCCCC. The number of esters is 1. The predicted octanol–water partition coefficient (Wildman–Crippen LogP) is 19.8. The van der Waals surface area contributed by atoms with Gasteiger partial charge >= 0.3 is 5.97 Å². The zero-order valence-corrected chi connectivity index (χ0v) is 47.3. The van der Waals surface area contributed by atoms with Crippen molar-refractivity contribution in [3.05, 3.63) is 24.3 Å². The molecule has 0 spiro atoms. The van der Waals surface area contributed by atoms with E-state index in [1.165, 1.54) is 276 Å². The van der Waals surface area contributed by atoms with Crippen molar-refractivity contribution in [1.82, 2.24) is 5.32 Å². The van der Waals surface area contributed by atoms with Crippen LogP contribution in [-0.2, 0) is 14.3 Å². The Morgan fingerprint density at radius 1 is 0.386 bits per heavy atom. The van der Waals surface area contributed by atoms with E-state index in [1.54, 1.807) is 6.08 Å². The van der Waals surface area contributed by atoms with Crippen LogP contribution in [0.4, 0.5) is 0 Å². The minimum Gasteiger partial charge on any atom is -0.466 e. The van der Waals surface area contributed by atoms with Gasteiger partial charge in [-0.05, 0) is 57.8 Å². The van der Waals surface area contributed by atoms with Crippen molar-refractivity contribution in [2.75, 3.05) is 13.2 Å². The molecule has 6 nitrogen and oxygen atoms in total. The minimum atomic E-state index is -0.844. The monoisotopic (exact) mass is 986 g/mol. The quantitative estimate of drug-likeness (QED) is 0.0321. The van der Waals surface area contributed by atoms with Crippen LogP contribution in [0.15, 0.2) is 24.3 Å². The van der Waals surface area contributed by atoms with Gasteiger partial charge in [-0.15, -0.1) is 0 Å². The summed E-state index contributed by atoms with van der Waals surface area (Å²) in [6, 6.07) is -0.627. The number of ether oxygens (including phenoxy) is 1. The first-order chi connectivity index (χ1) is 34.5. The Morgan fingerprint density at radius 3 is 1.01 bits per heavy atom. The molecule has 0 heterocycles. The van der Waals surface area contributed by atoms with Crippen LogP contribution >= 0.6 is 0 Å². The number of rotatable bonds is 59. The molecule has 0 saturated heterocycles. The van der Waals surface area contributed by atoms with Crippen LogP contribution in [0.2, 0.25) is 0 Å². The Balaban J connectivity index is 3.39. The number of carbonyl (C=O) groups excluding carboxylic acids is 2. The van der Waals surface area contributed by atoms with Crippen molar-refractivity contribution in [1.29, 1.82) is 0 Å². The molecule has 0 aliphatic heterocycles. The van der Waals surface area contributed by atoms with Crippen LogP contribution in [0.5, 0.6) is 0 Å². The summed E-state index contributed by atoms with van der Waals surface area (Å²) in [6.07, 6.45) is 73.6. The molecule has 2 unspecified atom stereocenters. The molecule has 0 fully saturated rings. The third kappa shape index (κ3) is 55.7. The largest absolute Gasteiger partial charge is 0.466 e. The van der Waals surface area contributed by atoms with Gasteiger partial charge < -0.3 is 20.3 Å². The summed E-state index contributed by atoms with van der Waals surface area (Å²) in [5.74, 6) is -0.0608. The van der Waals surface area contributed by atoms with E-state index in [-0.39, 0.29) is 18.5 Å². The Bertz CT molecular complexity index is 1090. The number of carbonyl (C=O) groups is 2. The molecule has 0 aromatic rings. The van der Waals surface area contributed by atoms with Gasteiger partial charge in [0.1, 0.15) is 0 Å². The maximum absolute atomic E-state index is 12.5. The molecule has 0 radical (unpaired) electrons. The van der Waals surface area contributed by atoms with Crippen LogP contribution in [0.25, 0.3) is 0 Å². The molecular weight excluding hydrogens is 863 g/mol. The lowest BCUT2D eigenvalue weighted by Gasteiger charge is -2.20. The molecule has 0 rings (SSSR count). The summed E-state index contributed by atoms with van der Waals surface area (Å²) in [6.45, 7) is 4.92. The van der Waals surface area contributed by atoms with Gasteiger partial charge in [0.2, 0.25) is 5.91 Å². The predicted molar refractivity (Wildman–Crippen MR) is 306 cm³/mol. The zero-order chi connectivity index (χ0) is 50.7. The highest BCUT2D eigenvalue weighted by Crippen LogP contribution is 2.18. The summed E-state index contributed by atoms with van der Waals surface area (Å²) >= 11 is 0. The topological polar surface area (TPSA) is 95.9 Å². The Hall–Kier alpha value is -1.66. The zero-order valence-electron chi connectivity index (χ0n) is 47.3. The van der Waals surface area contributed by atoms with Gasteiger partial charge in [0.05, 0.1) is 25.4 Å². The summed E-state index contributed by atoms with van der Waals surface area (Å²) in [5, 5.41) is 23.1. The van der Waals surface area contributed by atoms with E-state index in [2.05, 4.69) is 31.3 Å².